The van der Waals surface area contributed by atoms with Crippen molar-refractivity contribution in [2.75, 3.05) is 5.32 Å². The summed E-state index contributed by atoms with van der Waals surface area (Å²) in [5.41, 5.74) is 4.79. The van der Waals surface area contributed by atoms with Crippen molar-refractivity contribution in [3.05, 3.63) is 50.1 Å². The summed E-state index contributed by atoms with van der Waals surface area (Å²) >= 11 is 1.70. The molecule has 1 aromatic carbocycles. The molecule has 0 amide bonds. The van der Waals surface area contributed by atoms with Crippen LogP contribution < -0.4 is 10.9 Å². The van der Waals surface area contributed by atoms with Crippen LogP contribution in [0.25, 0.3) is 10.2 Å². The van der Waals surface area contributed by atoms with Crippen LogP contribution in [0.2, 0.25) is 0 Å². The van der Waals surface area contributed by atoms with E-state index in [1.807, 2.05) is 19.9 Å². The number of nitrogens with zero attached hydrogens (tertiary/aromatic N) is 2. The Balaban J connectivity index is 1.89. The van der Waals surface area contributed by atoms with Crippen LogP contribution in [0.3, 0.4) is 0 Å². The van der Waals surface area contributed by atoms with Crippen molar-refractivity contribution in [1.82, 2.24) is 9.55 Å². The molecule has 0 spiro atoms. The van der Waals surface area contributed by atoms with Crippen LogP contribution in [-0.4, -0.2) is 9.55 Å². The molecule has 4 rings (SSSR count). The van der Waals surface area contributed by atoms with Crippen molar-refractivity contribution >= 4 is 33.2 Å². The van der Waals surface area contributed by atoms with Crippen molar-refractivity contribution in [1.29, 1.82) is 0 Å². The van der Waals surface area contributed by atoms with Gasteiger partial charge in [0.2, 0.25) is 5.95 Å². The van der Waals surface area contributed by atoms with Gasteiger partial charge in [-0.15, -0.1) is 11.3 Å². The molecule has 0 saturated heterocycles. The molecule has 0 unspecified atom stereocenters. The molecule has 0 radical (unpaired) electrons. The van der Waals surface area contributed by atoms with Crippen LogP contribution in [-0.2, 0) is 12.8 Å². The van der Waals surface area contributed by atoms with Crippen molar-refractivity contribution in [3.63, 3.8) is 0 Å². The number of thiophene rings is 1. The number of rotatable bonds is 3. The number of fused-ring (bicyclic) bond motifs is 3. The second kappa shape index (κ2) is 6.54. The topological polar surface area (TPSA) is 46.9 Å². The lowest BCUT2D eigenvalue weighted by molar-refractivity contribution is 0.582. The molecular formula is C21H25N3OS. The van der Waals surface area contributed by atoms with E-state index in [9.17, 15) is 4.79 Å². The third-order valence-corrected chi connectivity index (χ3v) is 6.49. The minimum Gasteiger partial charge on any atom is -0.325 e. The maximum atomic E-state index is 13.3. The average Bonchev–Trinajstić information content (AvgIpc) is 2.96. The Hall–Kier alpha value is -2.14. The fraction of sp³-hybridized carbons (Fsp3) is 0.429. The molecule has 0 atom stereocenters. The molecule has 1 aliphatic rings. The summed E-state index contributed by atoms with van der Waals surface area (Å²) in [4.78, 5) is 20.4. The van der Waals surface area contributed by atoms with E-state index in [2.05, 4.69) is 31.3 Å². The minimum absolute atomic E-state index is 0.0487. The molecule has 136 valence electrons. The molecule has 2 aromatic heterocycles. The van der Waals surface area contributed by atoms with Gasteiger partial charge < -0.3 is 5.32 Å². The third-order valence-electron chi connectivity index (χ3n) is 5.30. The molecule has 1 aliphatic carbocycles. The molecule has 2 heterocycles. The predicted molar refractivity (Wildman–Crippen MR) is 110 cm³/mol. The fourth-order valence-corrected chi connectivity index (χ4v) is 4.98. The molecule has 0 bridgehead atoms. The van der Waals surface area contributed by atoms with Gasteiger partial charge in [-0.3, -0.25) is 9.36 Å². The van der Waals surface area contributed by atoms with Gasteiger partial charge in [-0.2, -0.15) is 0 Å². The summed E-state index contributed by atoms with van der Waals surface area (Å²) in [6.07, 6.45) is 4.47. The summed E-state index contributed by atoms with van der Waals surface area (Å²) < 4.78 is 1.80. The zero-order chi connectivity index (χ0) is 18.4. The highest BCUT2D eigenvalue weighted by atomic mass is 32.1. The van der Waals surface area contributed by atoms with Crippen LogP contribution in [0.1, 0.15) is 54.3 Å². The van der Waals surface area contributed by atoms with E-state index in [-0.39, 0.29) is 11.6 Å². The lowest BCUT2D eigenvalue weighted by Crippen LogP contribution is -2.26. The third kappa shape index (κ3) is 2.84. The van der Waals surface area contributed by atoms with Gasteiger partial charge in [-0.25, -0.2) is 4.98 Å². The zero-order valence-corrected chi connectivity index (χ0v) is 16.7. The predicted octanol–water partition coefficient (Wildman–Crippen LogP) is 5.28. The van der Waals surface area contributed by atoms with Gasteiger partial charge in [-0.05, 0) is 82.2 Å². The van der Waals surface area contributed by atoms with Gasteiger partial charge in [0.15, 0.2) is 0 Å². The SMILES string of the molecule is Cc1ccc(Nc2nc3sc4c(c3c(=O)n2C(C)C)CCCC4)cc1C. The highest BCUT2D eigenvalue weighted by molar-refractivity contribution is 7.18. The first-order valence-corrected chi connectivity index (χ1v) is 10.2. The number of hydrogen-bond acceptors (Lipinski definition) is 4. The molecule has 5 heteroatoms. The van der Waals surface area contributed by atoms with Crippen molar-refractivity contribution in [2.24, 2.45) is 0 Å². The molecule has 4 nitrogen and oxygen atoms in total. The van der Waals surface area contributed by atoms with Crippen LogP contribution in [0.5, 0.6) is 0 Å². The summed E-state index contributed by atoms with van der Waals surface area (Å²) in [7, 11) is 0. The van der Waals surface area contributed by atoms with Crippen LogP contribution >= 0.6 is 11.3 Å². The number of aromatic nitrogens is 2. The highest BCUT2D eigenvalue weighted by Crippen LogP contribution is 2.35. The first-order valence-electron chi connectivity index (χ1n) is 9.36. The molecule has 3 aromatic rings. The highest BCUT2D eigenvalue weighted by Gasteiger charge is 2.23. The Morgan fingerprint density at radius 2 is 1.92 bits per heavy atom. The van der Waals surface area contributed by atoms with Gasteiger partial charge in [-0.1, -0.05) is 6.07 Å². The van der Waals surface area contributed by atoms with Crippen molar-refractivity contribution in [2.45, 2.75) is 59.4 Å². The summed E-state index contributed by atoms with van der Waals surface area (Å²) in [6, 6.07) is 6.30. The average molecular weight is 368 g/mol. The van der Waals surface area contributed by atoms with E-state index in [1.54, 1.807) is 15.9 Å². The molecule has 1 N–H and O–H groups in total. The maximum absolute atomic E-state index is 13.3. The number of nitrogens with one attached hydrogen (secondary N) is 1. The van der Waals surface area contributed by atoms with Crippen LogP contribution in [0, 0.1) is 13.8 Å². The number of anilines is 2. The molecular weight excluding hydrogens is 342 g/mol. The van der Waals surface area contributed by atoms with Gasteiger partial charge in [0.25, 0.3) is 5.56 Å². The Morgan fingerprint density at radius 3 is 2.65 bits per heavy atom. The van der Waals surface area contributed by atoms with Gasteiger partial charge in [0.1, 0.15) is 4.83 Å². The summed E-state index contributed by atoms with van der Waals surface area (Å²) in [6.45, 7) is 8.28. The first kappa shape index (κ1) is 17.3. The number of aryl methyl sites for hydroxylation is 4. The largest absolute Gasteiger partial charge is 0.325 e. The Labute approximate surface area is 157 Å². The van der Waals surface area contributed by atoms with Crippen molar-refractivity contribution < 1.29 is 0 Å². The van der Waals surface area contributed by atoms with Crippen LogP contribution in [0.4, 0.5) is 11.6 Å². The van der Waals surface area contributed by atoms with Gasteiger partial charge in [0, 0.05) is 16.6 Å². The smallest absolute Gasteiger partial charge is 0.264 e. The second-order valence-corrected chi connectivity index (χ2v) is 8.60. The van der Waals surface area contributed by atoms with E-state index in [0.717, 1.165) is 28.7 Å². The summed E-state index contributed by atoms with van der Waals surface area (Å²) in [5, 5.41) is 4.24. The standard InChI is InChI=1S/C21H25N3OS/c1-12(2)24-20(25)18-16-7-5-6-8-17(16)26-19(18)23-21(24)22-15-10-9-13(3)14(4)11-15/h9-12H,5-8H2,1-4H3,(H,22,23). The molecule has 0 saturated carbocycles. The number of hydrogen-bond donors (Lipinski definition) is 1. The maximum Gasteiger partial charge on any atom is 0.264 e. The van der Waals surface area contributed by atoms with E-state index in [0.29, 0.717) is 5.95 Å². The minimum atomic E-state index is 0.0487. The fourth-order valence-electron chi connectivity index (χ4n) is 3.73. The quantitative estimate of drug-likeness (QED) is 0.685. The first-order chi connectivity index (χ1) is 12.5. The van der Waals surface area contributed by atoms with Gasteiger partial charge >= 0.3 is 0 Å². The zero-order valence-electron chi connectivity index (χ0n) is 15.8. The van der Waals surface area contributed by atoms with E-state index < -0.39 is 0 Å². The molecule has 0 fully saturated rings. The normalized spacial score (nSPS) is 14.0. The van der Waals surface area contributed by atoms with Crippen LogP contribution in [0.15, 0.2) is 23.0 Å². The second-order valence-electron chi connectivity index (χ2n) is 7.52. The Kier molecular flexibility index (Phi) is 4.35. The monoisotopic (exact) mass is 367 g/mol. The van der Waals surface area contributed by atoms with E-state index in [4.69, 9.17) is 4.98 Å². The van der Waals surface area contributed by atoms with E-state index in [1.165, 1.54) is 34.4 Å². The molecule has 0 aliphatic heterocycles. The number of benzene rings is 1. The lowest BCUT2D eigenvalue weighted by atomic mass is 9.97. The van der Waals surface area contributed by atoms with Crippen molar-refractivity contribution in [3.8, 4) is 0 Å². The molecule has 26 heavy (non-hydrogen) atoms. The lowest BCUT2D eigenvalue weighted by Gasteiger charge is -2.18. The van der Waals surface area contributed by atoms with Gasteiger partial charge in [0.05, 0.1) is 5.39 Å². The Bertz CT molecular complexity index is 1050. The Morgan fingerprint density at radius 1 is 1.15 bits per heavy atom. The van der Waals surface area contributed by atoms with E-state index >= 15 is 0 Å². The summed E-state index contributed by atoms with van der Waals surface area (Å²) in [5.74, 6) is 0.638.